The Kier molecular flexibility index (Phi) is 6.35. The summed E-state index contributed by atoms with van der Waals surface area (Å²) in [5.74, 6) is 0.165. The third-order valence-corrected chi connectivity index (χ3v) is 6.29. The number of hydrogen-bond donors (Lipinski definition) is 1. The Morgan fingerprint density at radius 3 is 2.62 bits per heavy atom. The summed E-state index contributed by atoms with van der Waals surface area (Å²) in [5, 5.41) is 2.86. The standard InChI is InChI=1S/C25H28N4O5/c1-2-32-24(31)21-22(18-6-4-3-5-7-18)26-25(27-23(21)30)29-12-10-28(11-13-29)15-17-8-9-19-20(14-17)34-16-33-19/h3-9,14,21-22H,2,10-13,15-16H2,1H3,(H,26,27,30)/t21-,22-/m0/s1. The fraction of sp³-hybridized carbons (Fsp3) is 0.400. The molecule has 0 aliphatic carbocycles. The first-order valence-electron chi connectivity index (χ1n) is 11.6. The highest BCUT2D eigenvalue weighted by molar-refractivity contribution is 6.08. The molecule has 2 aromatic carbocycles. The molecule has 2 aromatic rings. The molecule has 1 saturated heterocycles. The number of piperazine rings is 1. The van der Waals surface area contributed by atoms with Crippen LogP contribution in [0, 0.1) is 5.92 Å². The molecule has 178 valence electrons. The van der Waals surface area contributed by atoms with Crippen molar-refractivity contribution in [3.8, 4) is 11.5 Å². The van der Waals surface area contributed by atoms with Crippen LogP contribution in [0.1, 0.15) is 24.1 Å². The molecule has 3 heterocycles. The summed E-state index contributed by atoms with van der Waals surface area (Å²) in [4.78, 5) is 34.8. The van der Waals surface area contributed by atoms with E-state index in [0.717, 1.165) is 49.8 Å². The van der Waals surface area contributed by atoms with Crippen LogP contribution in [0.4, 0.5) is 0 Å². The lowest BCUT2D eigenvalue weighted by Gasteiger charge is -2.39. The molecule has 3 aliphatic heterocycles. The zero-order valence-corrected chi connectivity index (χ0v) is 19.1. The number of guanidine groups is 1. The van der Waals surface area contributed by atoms with Gasteiger partial charge in [0.2, 0.25) is 18.7 Å². The minimum atomic E-state index is -1.00. The van der Waals surface area contributed by atoms with Crippen molar-refractivity contribution in [2.45, 2.75) is 19.5 Å². The van der Waals surface area contributed by atoms with E-state index in [9.17, 15) is 9.59 Å². The fourth-order valence-electron chi connectivity index (χ4n) is 4.53. The molecule has 1 N–H and O–H groups in total. The van der Waals surface area contributed by atoms with E-state index in [1.165, 1.54) is 5.56 Å². The van der Waals surface area contributed by atoms with Gasteiger partial charge in [-0.25, -0.2) is 4.99 Å². The van der Waals surface area contributed by atoms with Gasteiger partial charge in [-0.3, -0.25) is 19.8 Å². The fourth-order valence-corrected chi connectivity index (χ4v) is 4.53. The van der Waals surface area contributed by atoms with Crippen LogP contribution >= 0.6 is 0 Å². The number of ether oxygens (including phenoxy) is 3. The predicted molar refractivity (Wildman–Crippen MR) is 124 cm³/mol. The molecule has 0 aromatic heterocycles. The number of carbonyl (C=O) groups is 2. The summed E-state index contributed by atoms with van der Waals surface area (Å²) in [5.41, 5.74) is 1.98. The van der Waals surface area contributed by atoms with Gasteiger partial charge in [0.15, 0.2) is 17.4 Å². The molecule has 0 unspecified atom stereocenters. The van der Waals surface area contributed by atoms with E-state index in [-0.39, 0.29) is 19.3 Å². The number of nitrogens with one attached hydrogen (secondary N) is 1. The number of amides is 1. The van der Waals surface area contributed by atoms with Gasteiger partial charge < -0.3 is 19.1 Å². The summed E-state index contributed by atoms with van der Waals surface area (Å²) in [6.45, 7) is 6.10. The quantitative estimate of drug-likeness (QED) is 0.534. The normalized spacial score (nSPS) is 22.2. The second-order valence-corrected chi connectivity index (χ2v) is 8.48. The molecule has 1 amide bonds. The molecular weight excluding hydrogens is 436 g/mol. The van der Waals surface area contributed by atoms with Crippen LogP contribution in [0.2, 0.25) is 0 Å². The lowest BCUT2D eigenvalue weighted by molar-refractivity contribution is -0.153. The Morgan fingerprint density at radius 1 is 1.09 bits per heavy atom. The highest BCUT2D eigenvalue weighted by atomic mass is 16.7. The van der Waals surface area contributed by atoms with Gasteiger partial charge in [0.05, 0.1) is 6.61 Å². The number of rotatable bonds is 5. The molecule has 5 rings (SSSR count). The lowest BCUT2D eigenvalue weighted by Crippen LogP contribution is -2.57. The number of hydrogen-bond acceptors (Lipinski definition) is 8. The van der Waals surface area contributed by atoms with Gasteiger partial charge >= 0.3 is 5.97 Å². The Morgan fingerprint density at radius 2 is 1.85 bits per heavy atom. The molecule has 0 spiro atoms. The first-order valence-corrected chi connectivity index (χ1v) is 11.6. The molecular formula is C25H28N4O5. The van der Waals surface area contributed by atoms with Crippen LogP contribution in [0.5, 0.6) is 11.5 Å². The maximum Gasteiger partial charge on any atom is 0.321 e. The zero-order chi connectivity index (χ0) is 23.5. The average Bonchev–Trinajstić information content (AvgIpc) is 3.33. The van der Waals surface area contributed by atoms with E-state index in [2.05, 4.69) is 21.2 Å². The van der Waals surface area contributed by atoms with Gasteiger partial charge in [0.1, 0.15) is 6.04 Å². The van der Waals surface area contributed by atoms with E-state index in [0.29, 0.717) is 5.96 Å². The number of nitrogens with zero attached hydrogens (tertiary/aromatic N) is 3. The summed E-state index contributed by atoms with van der Waals surface area (Å²) in [7, 11) is 0. The van der Waals surface area contributed by atoms with Crippen molar-refractivity contribution in [1.29, 1.82) is 0 Å². The maximum absolute atomic E-state index is 13.0. The van der Waals surface area contributed by atoms with Crippen molar-refractivity contribution in [3.05, 3.63) is 59.7 Å². The monoisotopic (exact) mass is 464 g/mol. The van der Waals surface area contributed by atoms with Gasteiger partial charge in [0, 0.05) is 32.7 Å². The van der Waals surface area contributed by atoms with Crippen molar-refractivity contribution in [1.82, 2.24) is 15.1 Å². The SMILES string of the molecule is CCOC(=O)[C@@H]1C(=O)NC(N2CCN(Cc3ccc4c(c3)OCO4)CC2)=N[C@H]1c1ccccc1. The number of carbonyl (C=O) groups excluding carboxylic acids is 2. The van der Waals surface area contributed by atoms with Crippen molar-refractivity contribution < 1.29 is 23.8 Å². The topological polar surface area (TPSA) is 92.7 Å². The highest BCUT2D eigenvalue weighted by Crippen LogP contribution is 2.33. The average molecular weight is 465 g/mol. The Balaban J connectivity index is 1.28. The van der Waals surface area contributed by atoms with E-state index in [4.69, 9.17) is 19.2 Å². The maximum atomic E-state index is 13.0. The highest BCUT2D eigenvalue weighted by Gasteiger charge is 2.42. The first-order chi connectivity index (χ1) is 16.6. The van der Waals surface area contributed by atoms with Crippen LogP contribution in [0.3, 0.4) is 0 Å². The van der Waals surface area contributed by atoms with Crippen LogP contribution in [-0.4, -0.2) is 67.2 Å². The van der Waals surface area contributed by atoms with Crippen molar-refractivity contribution in [3.63, 3.8) is 0 Å². The number of fused-ring (bicyclic) bond motifs is 1. The largest absolute Gasteiger partial charge is 0.465 e. The lowest BCUT2D eigenvalue weighted by atomic mass is 9.91. The molecule has 3 aliphatic rings. The smallest absolute Gasteiger partial charge is 0.321 e. The summed E-state index contributed by atoms with van der Waals surface area (Å²) >= 11 is 0. The summed E-state index contributed by atoms with van der Waals surface area (Å²) < 4.78 is 16.1. The van der Waals surface area contributed by atoms with E-state index in [1.54, 1.807) is 6.92 Å². The summed E-state index contributed by atoms with van der Waals surface area (Å²) in [6, 6.07) is 14.9. The minimum absolute atomic E-state index is 0.214. The second-order valence-electron chi connectivity index (χ2n) is 8.48. The van der Waals surface area contributed by atoms with Gasteiger partial charge in [-0.15, -0.1) is 0 Å². The summed E-state index contributed by atoms with van der Waals surface area (Å²) in [6.07, 6.45) is 0. The van der Waals surface area contributed by atoms with Crippen LogP contribution < -0.4 is 14.8 Å². The molecule has 0 saturated carbocycles. The van der Waals surface area contributed by atoms with E-state index in [1.807, 2.05) is 42.5 Å². The van der Waals surface area contributed by atoms with Gasteiger partial charge in [-0.2, -0.15) is 0 Å². The molecule has 2 atom stereocenters. The Hall–Kier alpha value is -3.59. The predicted octanol–water partition coefficient (Wildman–Crippen LogP) is 1.94. The van der Waals surface area contributed by atoms with E-state index >= 15 is 0 Å². The van der Waals surface area contributed by atoms with Gasteiger partial charge in [-0.05, 0) is 30.2 Å². The van der Waals surface area contributed by atoms with Crippen molar-refractivity contribution in [2.75, 3.05) is 39.6 Å². The number of aliphatic imine (C=N–C) groups is 1. The molecule has 0 bridgehead atoms. The molecule has 1 fully saturated rings. The van der Waals surface area contributed by atoms with Gasteiger partial charge in [-0.1, -0.05) is 36.4 Å². The molecule has 9 nitrogen and oxygen atoms in total. The van der Waals surface area contributed by atoms with Crippen molar-refractivity contribution in [2.24, 2.45) is 10.9 Å². The molecule has 0 radical (unpaired) electrons. The van der Waals surface area contributed by atoms with Crippen molar-refractivity contribution >= 4 is 17.8 Å². The number of esters is 1. The molecule has 9 heteroatoms. The third-order valence-electron chi connectivity index (χ3n) is 6.29. The third kappa shape index (κ3) is 4.56. The van der Waals surface area contributed by atoms with Gasteiger partial charge in [0.25, 0.3) is 0 Å². The Bertz CT molecular complexity index is 1080. The van der Waals surface area contributed by atoms with Crippen LogP contribution in [0.25, 0.3) is 0 Å². The van der Waals surface area contributed by atoms with Crippen LogP contribution in [0.15, 0.2) is 53.5 Å². The molecule has 34 heavy (non-hydrogen) atoms. The Labute approximate surface area is 198 Å². The van der Waals surface area contributed by atoms with E-state index < -0.39 is 17.9 Å². The number of benzene rings is 2. The van der Waals surface area contributed by atoms with Crippen LogP contribution in [-0.2, 0) is 20.9 Å². The second kappa shape index (κ2) is 9.72. The zero-order valence-electron chi connectivity index (χ0n) is 19.1. The minimum Gasteiger partial charge on any atom is -0.465 e. The first kappa shape index (κ1) is 22.2.